The lowest BCUT2D eigenvalue weighted by Gasteiger charge is -2.23. The molecule has 20 heavy (non-hydrogen) atoms. The van der Waals surface area contributed by atoms with Gasteiger partial charge in [-0.25, -0.2) is 13.1 Å². The molecule has 1 atom stereocenters. The van der Waals surface area contributed by atoms with Gasteiger partial charge in [0.2, 0.25) is 10.0 Å². The highest BCUT2D eigenvalue weighted by Crippen LogP contribution is 2.16. The molecule has 1 aliphatic rings. The Morgan fingerprint density at radius 2 is 2.05 bits per heavy atom. The van der Waals surface area contributed by atoms with E-state index in [1.807, 2.05) is 6.92 Å². The van der Waals surface area contributed by atoms with Crippen molar-refractivity contribution in [3.63, 3.8) is 0 Å². The third-order valence-electron chi connectivity index (χ3n) is 3.06. The number of piperidine rings is 1. The largest absolute Gasteiger partial charge is 0.494 e. The minimum atomic E-state index is -3.44. The number of halogens is 1. The van der Waals surface area contributed by atoms with Gasteiger partial charge in [0.1, 0.15) is 5.75 Å². The number of sulfonamides is 1. The van der Waals surface area contributed by atoms with Gasteiger partial charge in [-0.15, -0.1) is 12.4 Å². The van der Waals surface area contributed by atoms with Gasteiger partial charge in [0.15, 0.2) is 0 Å². The minimum absolute atomic E-state index is 0. The predicted molar refractivity (Wildman–Crippen MR) is 81.1 cm³/mol. The van der Waals surface area contributed by atoms with Crippen LogP contribution in [0.15, 0.2) is 29.2 Å². The summed E-state index contributed by atoms with van der Waals surface area (Å²) in [6.45, 7) is 4.11. The number of rotatable bonds is 5. The Morgan fingerprint density at radius 3 is 2.60 bits per heavy atom. The van der Waals surface area contributed by atoms with Crippen molar-refractivity contribution in [2.45, 2.75) is 30.7 Å². The van der Waals surface area contributed by atoms with E-state index in [1.54, 1.807) is 24.3 Å². The van der Waals surface area contributed by atoms with E-state index in [1.165, 1.54) is 0 Å². The lowest BCUT2D eigenvalue weighted by Crippen LogP contribution is -2.45. The van der Waals surface area contributed by atoms with Crippen molar-refractivity contribution < 1.29 is 13.2 Å². The monoisotopic (exact) mass is 320 g/mol. The first-order valence-electron chi connectivity index (χ1n) is 6.58. The van der Waals surface area contributed by atoms with E-state index in [-0.39, 0.29) is 23.3 Å². The Morgan fingerprint density at radius 1 is 1.35 bits per heavy atom. The molecule has 2 rings (SSSR count). The van der Waals surface area contributed by atoms with Crippen LogP contribution in [-0.4, -0.2) is 34.2 Å². The summed E-state index contributed by atoms with van der Waals surface area (Å²) in [6.07, 6.45) is 1.87. The standard InChI is InChI=1S/C13H20N2O3S.ClH/c1-2-18-12-5-7-13(8-6-12)19(16,17)15-11-4-3-9-14-10-11;/h5-8,11,14-15H,2-4,9-10H2,1H3;1H/t11-;/m1./s1. The smallest absolute Gasteiger partial charge is 0.240 e. The van der Waals surface area contributed by atoms with Gasteiger partial charge in [-0.1, -0.05) is 0 Å². The SMILES string of the molecule is CCOc1ccc(S(=O)(=O)N[C@@H]2CCCNC2)cc1.Cl. The summed E-state index contributed by atoms with van der Waals surface area (Å²) in [5.41, 5.74) is 0. The molecule has 1 aromatic carbocycles. The first-order chi connectivity index (χ1) is 9.12. The average molecular weight is 321 g/mol. The lowest BCUT2D eigenvalue weighted by atomic mass is 10.1. The summed E-state index contributed by atoms with van der Waals surface area (Å²) in [5, 5.41) is 3.19. The molecule has 114 valence electrons. The van der Waals surface area contributed by atoms with Gasteiger partial charge in [-0.05, 0) is 50.6 Å². The Balaban J connectivity index is 0.00000200. The second-order valence-electron chi connectivity index (χ2n) is 4.57. The molecule has 0 amide bonds. The van der Waals surface area contributed by atoms with E-state index in [0.717, 1.165) is 19.4 Å². The summed E-state index contributed by atoms with van der Waals surface area (Å²) in [7, 11) is -3.44. The highest BCUT2D eigenvalue weighted by Gasteiger charge is 2.21. The fourth-order valence-corrected chi connectivity index (χ4v) is 3.39. The van der Waals surface area contributed by atoms with Gasteiger partial charge in [0.25, 0.3) is 0 Å². The highest BCUT2D eigenvalue weighted by molar-refractivity contribution is 7.89. The lowest BCUT2D eigenvalue weighted by molar-refractivity contribution is 0.340. The molecule has 1 saturated heterocycles. The van der Waals surface area contributed by atoms with Crippen LogP contribution < -0.4 is 14.8 Å². The first kappa shape index (κ1) is 17.2. The molecular weight excluding hydrogens is 300 g/mol. The number of benzene rings is 1. The van der Waals surface area contributed by atoms with Crippen LogP contribution in [-0.2, 0) is 10.0 Å². The van der Waals surface area contributed by atoms with Gasteiger partial charge in [-0.2, -0.15) is 0 Å². The molecule has 1 aliphatic heterocycles. The summed E-state index contributed by atoms with van der Waals surface area (Å²) in [4.78, 5) is 0.279. The number of ether oxygens (including phenoxy) is 1. The van der Waals surface area contributed by atoms with Crippen LogP contribution >= 0.6 is 12.4 Å². The second kappa shape index (κ2) is 7.83. The van der Waals surface area contributed by atoms with E-state index >= 15 is 0 Å². The molecule has 1 aromatic rings. The minimum Gasteiger partial charge on any atom is -0.494 e. The summed E-state index contributed by atoms with van der Waals surface area (Å²) in [5.74, 6) is 0.681. The number of nitrogens with one attached hydrogen (secondary N) is 2. The highest BCUT2D eigenvalue weighted by atomic mass is 35.5. The first-order valence-corrected chi connectivity index (χ1v) is 8.06. The van der Waals surface area contributed by atoms with Crippen LogP contribution in [0.3, 0.4) is 0 Å². The molecule has 1 fully saturated rings. The van der Waals surface area contributed by atoms with Crippen LogP contribution in [0, 0.1) is 0 Å². The predicted octanol–water partition coefficient (Wildman–Crippen LogP) is 1.54. The molecule has 0 spiro atoms. The van der Waals surface area contributed by atoms with Crippen molar-refractivity contribution in [1.82, 2.24) is 10.0 Å². The maximum Gasteiger partial charge on any atom is 0.240 e. The zero-order valence-corrected chi connectivity index (χ0v) is 13.1. The molecule has 0 unspecified atom stereocenters. The van der Waals surface area contributed by atoms with Crippen LogP contribution in [0.1, 0.15) is 19.8 Å². The normalized spacial score (nSPS) is 19.1. The van der Waals surface area contributed by atoms with Gasteiger partial charge in [0, 0.05) is 12.6 Å². The van der Waals surface area contributed by atoms with Crippen molar-refractivity contribution in [2.24, 2.45) is 0 Å². The van der Waals surface area contributed by atoms with E-state index in [2.05, 4.69) is 10.0 Å². The van der Waals surface area contributed by atoms with E-state index in [0.29, 0.717) is 18.9 Å². The van der Waals surface area contributed by atoms with Crippen molar-refractivity contribution in [3.05, 3.63) is 24.3 Å². The molecule has 0 bridgehead atoms. The van der Waals surface area contributed by atoms with Crippen LogP contribution in [0.5, 0.6) is 5.75 Å². The quantitative estimate of drug-likeness (QED) is 0.863. The van der Waals surface area contributed by atoms with E-state index in [4.69, 9.17) is 4.74 Å². The fourth-order valence-electron chi connectivity index (χ4n) is 2.12. The molecule has 0 aliphatic carbocycles. The van der Waals surface area contributed by atoms with Crippen LogP contribution in [0.25, 0.3) is 0 Å². The third-order valence-corrected chi connectivity index (χ3v) is 4.60. The molecule has 0 aromatic heterocycles. The zero-order chi connectivity index (χ0) is 13.7. The van der Waals surface area contributed by atoms with E-state index < -0.39 is 10.0 Å². The molecule has 2 N–H and O–H groups in total. The molecule has 0 saturated carbocycles. The molecule has 1 heterocycles. The molecule has 7 heteroatoms. The van der Waals surface area contributed by atoms with Crippen molar-refractivity contribution >= 4 is 22.4 Å². The summed E-state index contributed by atoms with van der Waals surface area (Å²) >= 11 is 0. The van der Waals surface area contributed by atoms with Crippen molar-refractivity contribution in [1.29, 1.82) is 0 Å². The van der Waals surface area contributed by atoms with Gasteiger partial charge < -0.3 is 10.1 Å². The zero-order valence-electron chi connectivity index (χ0n) is 11.5. The van der Waals surface area contributed by atoms with Crippen LogP contribution in [0.4, 0.5) is 0 Å². The maximum absolute atomic E-state index is 12.2. The summed E-state index contributed by atoms with van der Waals surface area (Å²) < 4.78 is 32.4. The topological polar surface area (TPSA) is 67.4 Å². The Bertz CT molecular complexity index is 499. The molecule has 0 radical (unpaired) electrons. The van der Waals surface area contributed by atoms with Crippen molar-refractivity contribution in [2.75, 3.05) is 19.7 Å². The fraction of sp³-hybridized carbons (Fsp3) is 0.538. The van der Waals surface area contributed by atoms with E-state index in [9.17, 15) is 8.42 Å². The third kappa shape index (κ3) is 4.63. The summed E-state index contributed by atoms with van der Waals surface area (Å²) in [6, 6.07) is 6.48. The Hall–Kier alpha value is -0.820. The molecular formula is C13H21ClN2O3S. The van der Waals surface area contributed by atoms with Gasteiger partial charge in [-0.3, -0.25) is 0 Å². The number of hydrogen-bond donors (Lipinski definition) is 2. The molecule has 5 nitrogen and oxygen atoms in total. The second-order valence-corrected chi connectivity index (χ2v) is 6.28. The van der Waals surface area contributed by atoms with Crippen molar-refractivity contribution in [3.8, 4) is 5.75 Å². The Labute approximate surface area is 126 Å². The Kier molecular flexibility index (Phi) is 6.75. The van der Waals surface area contributed by atoms with Gasteiger partial charge in [0.05, 0.1) is 11.5 Å². The number of hydrogen-bond acceptors (Lipinski definition) is 4. The average Bonchev–Trinajstić information content (AvgIpc) is 2.40. The van der Waals surface area contributed by atoms with Crippen LogP contribution in [0.2, 0.25) is 0 Å². The van der Waals surface area contributed by atoms with Gasteiger partial charge >= 0.3 is 0 Å². The maximum atomic E-state index is 12.2.